The van der Waals surface area contributed by atoms with E-state index < -0.39 is 0 Å². The number of aromatic amines is 1. The van der Waals surface area contributed by atoms with Crippen molar-refractivity contribution in [3.8, 4) is 28.8 Å². The van der Waals surface area contributed by atoms with Crippen LogP contribution in [0.15, 0.2) is 24.5 Å². The van der Waals surface area contributed by atoms with E-state index in [9.17, 15) is 15.5 Å². The van der Waals surface area contributed by atoms with Gasteiger partial charge in [-0.25, -0.2) is 4.98 Å². The van der Waals surface area contributed by atoms with Gasteiger partial charge in [0.05, 0.1) is 18.1 Å². The van der Waals surface area contributed by atoms with Gasteiger partial charge in [0.25, 0.3) is 0 Å². The molecule has 2 heterocycles. The van der Waals surface area contributed by atoms with Gasteiger partial charge in [-0.3, -0.25) is 0 Å². The second-order valence-corrected chi connectivity index (χ2v) is 6.84. The van der Waals surface area contributed by atoms with Crippen LogP contribution in [0.2, 0.25) is 0 Å². The minimum atomic E-state index is -0.0908. The first-order valence-electron chi connectivity index (χ1n) is 8.57. The van der Waals surface area contributed by atoms with Gasteiger partial charge < -0.3 is 24.5 Å². The summed E-state index contributed by atoms with van der Waals surface area (Å²) in [6.07, 6.45) is 2.29. The van der Waals surface area contributed by atoms with Gasteiger partial charge in [-0.1, -0.05) is 12.2 Å². The van der Waals surface area contributed by atoms with Crippen LogP contribution in [0.25, 0.3) is 22.3 Å². The third-order valence-corrected chi connectivity index (χ3v) is 4.42. The predicted octanol–water partition coefficient (Wildman–Crippen LogP) is 3.86. The van der Waals surface area contributed by atoms with E-state index in [0.29, 0.717) is 52.1 Å². The van der Waals surface area contributed by atoms with E-state index in [0.717, 1.165) is 0 Å². The summed E-state index contributed by atoms with van der Waals surface area (Å²) in [5, 5.41) is 29.6. The normalized spacial score (nSPS) is 11.2. The molecule has 0 aliphatic carbocycles. The number of aromatic hydroxyl groups is 2. The fraction of sp³-hybridized carbons (Fsp3) is 0.316. The summed E-state index contributed by atoms with van der Waals surface area (Å²) >= 11 is 5.43. The molecule has 2 aromatic heterocycles. The highest BCUT2D eigenvalue weighted by Gasteiger charge is 2.21. The van der Waals surface area contributed by atoms with Crippen molar-refractivity contribution in [2.24, 2.45) is 0 Å². The highest BCUT2D eigenvalue weighted by Crippen LogP contribution is 2.36. The van der Waals surface area contributed by atoms with Crippen LogP contribution >= 0.6 is 12.2 Å². The summed E-state index contributed by atoms with van der Waals surface area (Å²) in [6, 6.07) is 6.44. The topological polar surface area (TPSA) is 107 Å². The minimum absolute atomic E-state index is 0.0908. The fourth-order valence-corrected chi connectivity index (χ4v) is 3.35. The molecule has 3 N–H and O–H groups in total. The molecule has 27 heavy (non-hydrogen) atoms. The molecular weight excluding hydrogens is 364 g/mol. The molecule has 0 saturated carbocycles. The van der Waals surface area contributed by atoms with Crippen molar-refractivity contribution in [3.05, 3.63) is 34.7 Å². The van der Waals surface area contributed by atoms with Gasteiger partial charge in [0, 0.05) is 24.8 Å². The van der Waals surface area contributed by atoms with Crippen LogP contribution in [0, 0.1) is 16.0 Å². The number of phenols is 2. The number of fused-ring (bicyclic) bond motifs is 1. The lowest BCUT2D eigenvalue weighted by Crippen LogP contribution is -2.08. The summed E-state index contributed by atoms with van der Waals surface area (Å²) in [5.41, 5.74) is 2.55. The highest BCUT2D eigenvalue weighted by molar-refractivity contribution is 7.71. The molecule has 0 atom stereocenters. The third kappa shape index (κ3) is 3.79. The number of hydrogen-bond acceptors (Lipinski definition) is 6. The summed E-state index contributed by atoms with van der Waals surface area (Å²) < 4.78 is 7.98. The van der Waals surface area contributed by atoms with Gasteiger partial charge in [-0.15, -0.1) is 0 Å². The molecule has 0 amide bonds. The number of nitriles is 1. The maximum Gasteiger partial charge on any atom is 0.130 e. The van der Waals surface area contributed by atoms with Crippen LogP contribution in [-0.4, -0.2) is 37.5 Å². The Labute approximate surface area is 161 Å². The van der Waals surface area contributed by atoms with Crippen molar-refractivity contribution in [3.63, 3.8) is 0 Å². The van der Waals surface area contributed by atoms with Crippen molar-refractivity contribution in [2.45, 2.75) is 32.9 Å². The van der Waals surface area contributed by atoms with Gasteiger partial charge in [-0.05, 0) is 32.4 Å². The van der Waals surface area contributed by atoms with Crippen molar-refractivity contribution < 1.29 is 14.9 Å². The number of ether oxygens (including phenoxy) is 1. The Hall–Kier alpha value is -2.89. The molecule has 140 valence electrons. The number of aryl methyl sites for hydroxylation is 1. The van der Waals surface area contributed by atoms with Crippen LogP contribution in [0.1, 0.15) is 25.8 Å². The Morgan fingerprint density at radius 1 is 1.30 bits per heavy atom. The number of phenolic OH excluding ortho intramolecular Hbond substituents is 2. The van der Waals surface area contributed by atoms with Crippen molar-refractivity contribution in [2.75, 3.05) is 6.61 Å². The van der Waals surface area contributed by atoms with E-state index in [1.54, 1.807) is 0 Å². The van der Waals surface area contributed by atoms with Crippen LogP contribution < -0.4 is 0 Å². The Morgan fingerprint density at radius 3 is 2.63 bits per heavy atom. The van der Waals surface area contributed by atoms with E-state index in [-0.39, 0.29) is 17.6 Å². The van der Waals surface area contributed by atoms with Gasteiger partial charge in [-0.2, -0.15) is 5.26 Å². The molecule has 0 saturated heterocycles. The molecule has 3 aromatic rings. The first kappa shape index (κ1) is 18.9. The smallest absolute Gasteiger partial charge is 0.130 e. The van der Waals surface area contributed by atoms with Gasteiger partial charge in [0.15, 0.2) is 0 Å². The predicted molar refractivity (Wildman–Crippen MR) is 104 cm³/mol. The third-order valence-electron chi connectivity index (χ3n) is 4.11. The molecule has 0 fully saturated rings. The lowest BCUT2D eigenvalue weighted by molar-refractivity contribution is 0.0751. The maximum absolute atomic E-state index is 9.90. The summed E-state index contributed by atoms with van der Waals surface area (Å²) in [7, 11) is 0. The van der Waals surface area contributed by atoms with Crippen molar-refractivity contribution in [1.82, 2.24) is 14.5 Å². The first-order chi connectivity index (χ1) is 12.9. The molecule has 0 radical (unpaired) electrons. The van der Waals surface area contributed by atoms with E-state index >= 15 is 0 Å². The fourth-order valence-electron chi connectivity index (χ4n) is 3.09. The van der Waals surface area contributed by atoms with Crippen LogP contribution in [-0.2, 0) is 11.3 Å². The van der Waals surface area contributed by atoms with Crippen LogP contribution in [0.4, 0.5) is 0 Å². The summed E-state index contributed by atoms with van der Waals surface area (Å²) in [6.45, 7) is 5.04. The molecule has 8 heteroatoms. The second-order valence-electron chi connectivity index (χ2n) is 6.43. The van der Waals surface area contributed by atoms with Crippen molar-refractivity contribution >= 4 is 23.3 Å². The molecule has 3 rings (SSSR count). The van der Waals surface area contributed by atoms with E-state index in [1.165, 1.54) is 24.5 Å². The molecule has 0 spiro atoms. The second kappa shape index (κ2) is 7.78. The number of aromatic nitrogens is 3. The summed E-state index contributed by atoms with van der Waals surface area (Å²) in [5.74, 6) is -0.182. The molecule has 0 aliphatic heterocycles. The van der Waals surface area contributed by atoms with Crippen LogP contribution in [0.3, 0.4) is 0 Å². The zero-order valence-electron chi connectivity index (χ0n) is 15.1. The van der Waals surface area contributed by atoms with E-state index in [4.69, 9.17) is 17.0 Å². The van der Waals surface area contributed by atoms with E-state index in [2.05, 4.69) is 16.0 Å². The zero-order chi connectivity index (χ0) is 19.6. The van der Waals surface area contributed by atoms with Gasteiger partial charge >= 0.3 is 0 Å². The minimum Gasteiger partial charge on any atom is -0.508 e. The Kier molecular flexibility index (Phi) is 5.44. The molecule has 0 unspecified atom stereocenters. The lowest BCUT2D eigenvalue weighted by Gasteiger charge is -2.13. The molecule has 0 bridgehead atoms. The Bertz CT molecular complexity index is 1060. The quantitative estimate of drug-likeness (QED) is 0.440. The zero-order valence-corrected chi connectivity index (χ0v) is 15.9. The SMILES string of the molecule is CC(C)OCCCn1c(-c2cc(O)cc(O)c2)c(C#N)c2nc[nH]c(=S)c21. The van der Waals surface area contributed by atoms with E-state index in [1.807, 2.05) is 18.4 Å². The highest BCUT2D eigenvalue weighted by atomic mass is 32.1. The Morgan fingerprint density at radius 2 is 2.00 bits per heavy atom. The largest absolute Gasteiger partial charge is 0.508 e. The molecule has 0 aliphatic rings. The number of rotatable bonds is 6. The number of nitrogens with one attached hydrogen (secondary N) is 1. The Balaban J connectivity index is 2.21. The van der Waals surface area contributed by atoms with Crippen molar-refractivity contribution in [1.29, 1.82) is 5.26 Å². The van der Waals surface area contributed by atoms with Crippen LogP contribution in [0.5, 0.6) is 11.5 Å². The number of benzene rings is 1. The first-order valence-corrected chi connectivity index (χ1v) is 8.98. The number of H-pyrrole nitrogens is 1. The average Bonchev–Trinajstić information content (AvgIpc) is 2.92. The van der Waals surface area contributed by atoms with Gasteiger partial charge in [0.2, 0.25) is 0 Å². The maximum atomic E-state index is 9.90. The number of nitrogens with zero attached hydrogens (tertiary/aromatic N) is 3. The monoisotopic (exact) mass is 384 g/mol. The molecular formula is C19H20N4O3S. The average molecular weight is 384 g/mol. The summed E-state index contributed by atoms with van der Waals surface area (Å²) in [4.78, 5) is 7.20. The molecule has 7 nitrogen and oxygen atoms in total. The lowest BCUT2D eigenvalue weighted by atomic mass is 10.1. The molecule has 1 aromatic carbocycles. The standard InChI is InChI=1S/C19H20N4O3S/c1-11(2)26-5-3-4-23-17(12-6-13(24)8-14(25)7-12)15(9-20)16-18(23)19(27)22-10-21-16/h6-8,10-11,24-25H,3-5H2,1-2H3,(H,21,22,27). The number of hydrogen-bond donors (Lipinski definition) is 3. The van der Waals surface area contributed by atoms with Gasteiger partial charge in [0.1, 0.15) is 38.8 Å².